The van der Waals surface area contributed by atoms with Gasteiger partial charge in [-0.3, -0.25) is 9.78 Å². The molecule has 1 aromatic heterocycles. The van der Waals surface area contributed by atoms with E-state index in [1.165, 1.54) is 18.6 Å². The maximum atomic E-state index is 11.9. The van der Waals surface area contributed by atoms with Gasteiger partial charge in [0.15, 0.2) is 0 Å². The predicted molar refractivity (Wildman–Crippen MR) is 109 cm³/mol. The average Bonchev–Trinajstić information content (AvgIpc) is 2.69. The van der Waals surface area contributed by atoms with Crippen molar-refractivity contribution in [3.63, 3.8) is 0 Å². The highest BCUT2D eigenvalue weighted by Gasteiger charge is 2.21. The fourth-order valence-corrected chi connectivity index (χ4v) is 2.33. The maximum Gasteiger partial charge on any atom is 0.436 e. The third-order valence-electron chi connectivity index (χ3n) is 3.67. The zero-order chi connectivity index (χ0) is 21.6. The van der Waals surface area contributed by atoms with E-state index < -0.39 is 17.9 Å². The third kappa shape index (κ3) is 10.3. The zero-order valence-corrected chi connectivity index (χ0v) is 16.6. The Morgan fingerprint density at radius 1 is 1.24 bits per heavy atom. The number of nitrogens with two attached hydrogens (primary N) is 1. The highest BCUT2D eigenvalue weighted by Crippen LogP contribution is 2.04. The number of carbonyl (C=O) groups is 2. The lowest BCUT2D eigenvalue weighted by molar-refractivity contribution is -0.139. The normalized spacial score (nSPS) is 12.3. The molecule has 2 rings (SSSR count). The Labute approximate surface area is 170 Å². The molecule has 9 nitrogen and oxygen atoms in total. The number of nitrogens with zero attached hydrogens (tertiary/aromatic N) is 2. The van der Waals surface area contributed by atoms with Crippen LogP contribution in [0.15, 0.2) is 48.9 Å². The molecule has 2 atom stereocenters. The molecule has 0 aliphatic carbocycles. The van der Waals surface area contributed by atoms with Crippen LogP contribution >= 0.6 is 0 Å². The Morgan fingerprint density at radius 3 is 2.45 bits per heavy atom. The van der Waals surface area contributed by atoms with Crippen molar-refractivity contribution >= 4 is 19.6 Å². The van der Waals surface area contributed by atoms with Crippen molar-refractivity contribution in [1.82, 2.24) is 15.3 Å². The summed E-state index contributed by atoms with van der Waals surface area (Å²) in [5.41, 5.74) is 6.33. The van der Waals surface area contributed by atoms with Crippen LogP contribution in [0, 0.1) is 5.92 Å². The van der Waals surface area contributed by atoms with Crippen LogP contribution in [0.1, 0.15) is 36.3 Å². The molecule has 0 saturated carbocycles. The quantitative estimate of drug-likeness (QED) is 0.350. The Kier molecular flexibility index (Phi) is 11.2. The van der Waals surface area contributed by atoms with E-state index in [-0.39, 0.29) is 26.0 Å². The molecule has 0 radical (unpaired) electrons. The van der Waals surface area contributed by atoms with Gasteiger partial charge >= 0.3 is 13.7 Å². The molecule has 0 aliphatic rings. The standard InChI is InChI=1S/C14H13N3O3.C5H14BNO2/c18-13(12-9-15-6-7-16-12)17-11(14(19)20)8-10-4-2-1-3-5-10;1-4(2)3-5(7)9-6-8/h1-7,9,11H,8H2,(H,17,18)(H,19,20);4-6,8H,3,7H2,1-2H3/t11-;5-/m01/s1. The molecule has 5 N–H and O–H groups in total. The lowest BCUT2D eigenvalue weighted by atomic mass is 10.1. The first-order valence-electron chi connectivity index (χ1n) is 9.15. The van der Waals surface area contributed by atoms with E-state index >= 15 is 0 Å². The Bertz CT molecular complexity index is 734. The summed E-state index contributed by atoms with van der Waals surface area (Å²) in [7, 11) is -0.284. The number of carboxylic acid groups (broad SMARTS) is 1. The number of carbonyl (C=O) groups excluding carboxylic acids is 1. The van der Waals surface area contributed by atoms with Crippen LogP contribution < -0.4 is 11.1 Å². The van der Waals surface area contributed by atoms with Gasteiger partial charge in [-0.2, -0.15) is 0 Å². The van der Waals surface area contributed by atoms with Crippen molar-refractivity contribution < 1.29 is 24.4 Å². The van der Waals surface area contributed by atoms with E-state index in [1.54, 1.807) is 0 Å². The van der Waals surface area contributed by atoms with Gasteiger partial charge in [-0.05, 0) is 17.9 Å². The van der Waals surface area contributed by atoms with Gasteiger partial charge in [0.2, 0.25) is 0 Å². The van der Waals surface area contributed by atoms with Crippen molar-refractivity contribution in [3.05, 3.63) is 60.2 Å². The summed E-state index contributed by atoms with van der Waals surface area (Å²) >= 11 is 0. The predicted octanol–water partition coefficient (Wildman–Crippen LogP) is 0.495. The highest BCUT2D eigenvalue weighted by molar-refractivity contribution is 6.15. The van der Waals surface area contributed by atoms with Crippen molar-refractivity contribution in [2.75, 3.05) is 0 Å². The summed E-state index contributed by atoms with van der Waals surface area (Å²) in [4.78, 5) is 30.7. The lowest BCUT2D eigenvalue weighted by Gasteiger charge is -2.14. The molecule has 156 valence electrons. The molecule has 10 heteroatoms. The number of nitrogens with one attached hydrogen (secondary N) is 1. The van der Waals surface area contributed by atoms with Gasteiger partial charge in [0, 0.05) is 18.8 Å². The van der Waals surface area contributed by atoms with Crippen LogP contribution in [0.3, 0.4) is 0 Å². The van der Waals surface area contributed by atoms with Crippen LogP contribution in [0.5, 0.6) is 0 Å². The average molecular weight is 402 g/mol. The molecular weight excluding hydrogens is 375 g/mol. The smallest absolute Gasteiger partial charge is 0.436 e. The second-order valence-electron chi connectivity index (χ2n) is 6.61. The first-order chi connectivity index (χ1) is 13.8. The van der Waals surface area contributed by atoms with Gasteiger partial charge in [-0.1, -0.05) is 44.2 Å². The minimum absolute atomic E-state index is 0.0896. The topological polar surface area (TPSA) is 148 Å². The minimum Gasteiger partial charge on any atom is -0.480 e. The Morgan fingerprint density at radius 2 is 1.93 bits per heavy atom. The summed E-state index contributed by atoms with van der Waals surface area (Å²) in [6.45, 7) is 4.11. The number of rotatable bonds is 9. The van der Waals surface area contributed by atoms with Crippen LogP contribution in [0.2, 0.25) is 0 Å². The van der Waals surface area contributed by atoms with Crippen LogP contribution in [-0.4, -0.2) is 51.9 Å². The first kappa shape index (κ1) is 24.2. The molecule has 0 aliphatic heterocycles. The fourth-order valence-electron chi connectivity index (χ4n) is 2.33. The largest absolute Gasteiger partial charge is 0.480 e. The van der Waals surface area contributed by atoms with Gasteiger partial charge in [0.05, 0.1) is 12.4 Å². The number of hydrogen-bond donors (Lipinski definition) is 4. The summed E-state index contributed by atoms with van der Waals surface area (Å²) in [6, 6.07) is 8.09. The second kappa shape index (κ2) is 13.4. The molecule has 0 unspecified atom stereocenters. The molecule has 0 spiro atoms. The second-order valence-corrected chi connectivity index (χ2v) is 6.61. The lowest BCUT2D eigenvalue weighted by Crippen LogP contribution is -2.42. The van der Waals surface area contributed by atoms with Crippen molar-refractivity contribution in [2.45, 2.75) is 39.0 Å². The molecule has 29 heavy (non-hydrogen) atoms. The number of benzene rings is 1. The molecule has 1 aromatic carbocycles. The van der Waals surface area contributed by atoms with E-state index in [0.717, 1.165) is 12.0 Å². The molecule has 0 bridgehead atoms. The summed E-state index contributed by atoms with van der Waals surface area (Å²) < 4.78 is 4.69. The Hall–Kier alpha value is -2.82. The number of aromatic nitrogens is 2. The molecule has 1 heterocycles. The van der Waals surface area contributed by atoms with E-state index in [9.17, 15) is 14.7 Å². The summed E-state index contributed by atoms with van der Waals surface area (Å²) in [5.74, 6) is -1.13. The maximum absolute atomic E-state index is 11.9. The first-order valence-corrected chi connectivity index (χ1v) is 9.15. The van der Waals surface area contributed by atoms with Gasteiger partial charge < -0.3 is 25.8 Å². The van der Waals surface area contributed by atoms with Crippen molar-refractivity contribution in [3.8, 4) is 0 Å². The molecular formula is C19H27BN4O5. The number of aliphatic carboxylic acids is 1. The number of hydrogen-bond acceptors (Lipinski definition) is 7. The van der Waals surface area contributed by atoms with E-state index in [1.807, 2.05) is 30.3 Å². The third-order valence-corrected chi connectivity index (χ3v) is 3.67. The SMILES string of the molecule is CC(C)C[C@H](N)OBO.O=C(N[C@@H](Cc1ccccc1)C(=O)O)c1cnccn1. The fraction of sp³-hybridized carbons (Fsp3) is 0.368. The van der Waals surface area contributed by atoms with Crippen LogP contribution in [0.4, 0.5) is 0 Å². The van der Waals surface area contributed by atoms with Crippen LogP contribution in [0.25, 0.3) is 0 Å². The molecule has 2 aromatic rings. The molecule has 0 fully saturated rings. The number of carboxylic acids is 1. The van der Waals surface area contributed by atoms with Gasteiger partial charge in [-0.15, -0.1) is 0 Å². The van der Waals surface area contributed by atoms with Gasteiger partial charge in [0.1, 0.15) is 11.7 Å². The monoisotopic (exact) mass is 402 g/mol. The van der Waals surface area contributed by atoms with E-state index in [2.05, 4.69) is 33.8 Å². The summed E-state index contributed by atoms with van der Waals surface area (Å²) in [5, 5.41) is 19.9. The molecule has 0 saturated heterocycles. The highest BCUT2D eigenvalue weighted by atomic mass is 16.5. The van der Waals surface area contributed by atoms with Crippen molar-refractivity contribution in [1.29, 1.82) is 0 Å². The van der Waals surface area contributed by atoms with E-state index in [4.69, 9.17) is 10.8 Å². The number of amides is 1. The van der Waals surface area contributed by atoms with Crippen molar-refractivity contribution in [2.24, 2.45) is 11.7 Å². The van der Waals surface area contributed by atoms with E-state index in [0.29, 0.717) is 5.92 Å². The molecule has 1 amide bonds. The van der Waals surface area contributed by atoms with Gasteiger partial charge in [0.25, 0.3) is 5.91 Å². The Balaban J connectivity index is 0.000000396. The van der Waals surface area contributed by atoms with Crippen LogP contribution in [-0.2, 0) is 15.9 Å². The van der Waals surface area contributed by atoms with Gasteiger partial charge in [-0.25, -0.2) is 9.78 Å². The minimum atomic E-state index is -1.09. The summed E-state index contributed by atoms with van der Waals surface area (Å²) in [6.07, 6.45) is 4.80. The zero-order valence-electron chi connectivity index (χ0n) is 16.6.